The van der Waals surface area contributed by atoms with Gasteiger partial charge in [0, 0.05) is 12.2 Å². The zero-order valence-electron chi connectivity index (χ0n) is 12.0. The Bertz CT molecular complexity index is 418. The summed E-state index contributed by atoms with van der Waals surface area (Å²) in [5.74, 6) is -1.73. The molecule has 0 fully saturated rings. The van der Waals surface area contributed by atoms with E-state index in [0.717, 1.165) is 12.2 Å². The number of esters is 2. The highest BCUT2D eigenvalue weighted by Crippen LogP contribution is 2.55. The van der Waals surface area contributed by atoms with E-state index in [1.165, 1.54) is 13.8 Å². The Labute approximate surface area is 118 Å². The average Bonchev–Trinajstić information content (AvgIpc) is 2.31. The first-order chi connectivity index (χ1) is 9.08. The second kappa shape index (κ2) is 7.57. The van der Waals surface area contributed by atoms with Gasteiger partial charge in [-0.2, -0.15) is 0 Å². The van der Waals surface area contributed by atoms with Crippen molar-refractivity contribution in [3.8, 4) is 0 Å². The standard InChI is InChI=1S/C12H21O7P/c1-5-12(6-2,20(15,16)17)19-11(14)8-7-10(13)18-9(3)4/h7-9H,5-6H2,1-4H3,(H2,15,16,17). The second-order valence-corrected chi connectivity index (χ2v) is 6.34. The number of hydrogen-bond acceptors (Lipinski definition) is 5. The highest BCUT2D eigenvalue weighted by molar-refractivity contribution is 7.53. The minimum absolute atomic E-state index is 0.0379. The number of ether oxygens (including phenoxy) is 2. The summed E-state index contributed by atoms with van der Waals surface area (Å²) < 4.78 is 21.1. The maximum Gasteiger partial charge on any atom is 0.368 e. The van der Waals surface area contributed by atoms with Crippen molar-refractivity contribution in [3.05, 3.63) is 12.2 Å². The summed E-state index contributed by atoms with van der Waals surface area (Å²) in [5.41, 5.74) is 0. The highest BCUT2D eigenvalue weighted by atomic mass is 31.2. The summed E-state index contributed by atoms with van der Waals surface area (Å²) in [7, 11) is -4.62. The van der Waals surface area contributed by atoms with Gasteiger partial charge in [0.2, 0.25) is 5.34 Å². The molecule has 0 aliphatic rings. The first kappa shape index (κ1) is 18.8. The predicted molar refractivity (Wildman–Crippen MR) is 71.8 cm³/mol. The zero-order chi connectivity index (χ0) is 16.0. The average molecular weight is 308 g/mol. The summed E-state index contributed by atoms with van der Waals surface area (Å²) in [6.45, 7) is 6.31. The van der Waals surface area contributed by atoms with E-state index in [2.05, 4.69) is 0 Å². The summed E-state index contributed by atoms with van der Waals surface area (Å²) >= 11 is 0. The van der Waals surface area contributed by atoms with Crippen LogP contribution in [0.1, 0.15) is 40.5 Å². The lowest BCUT2D eigenvalue weighted by molar-refractivity contribution is -0.149. The van der Waals surface area contributed by atoms with Crippen molar-refractivity contribution in [2.45, 2.75) is 52.0 Å². The highest BCUT2D eigenvalue weighted by Gasteiger charge is 2.47. The largest absolute Gasteiger partial charge is 0.460 e. The quantitative estimate of drug-likeness (QED) is 0.418. The van der Waals surface area contributed by atoms with E-state index in [1.807, 2.05) is 0 Å². The Balaban J connectivity index is 4.85. The Morgan fingerprint density at radius 3 is 1.95 bits per heavy atom. The molecule has 0 aliphatic heterocycles. The maximum atomic E-state index is 11.6. The minimum atomic E-state index is -4.62. The van der Waals surface area contributed by atoms with Crippen molar-refractivity contribution in [1.29, 1.82) is 0 Å². The first-order valence-electron chi connectivity index (χ1n) is 6.25. The van der Waals surface area contributed by atoms with Crippen LogP contribution in [0.15, 0.2) is 12.2 Å². The Hall–Kier alpha value is -1.17. The number of carbonyl (C=O) groups excluding carboxylic acids is 2. The lowest BCUT2D eigenvalue weighted by atomic mass is 10.2. The van der Waals surface area contributed by atoms with E-state index in [4.69, 9.17) is 9.47 Å². The molecule has 0 atom stereocenters. The van der Waals surface area contributed by atoms with Gasteiger partial charge < -0.3 is 19.3 Å². The molecule has 7 nitrogen and oxygen atoms in total. The van der Waals surface area contributed by atoms with Crippen LogP contribution in [0.5, 0.6) is 0 Å². The SMILES string of the molecule is CCC(CC)(OC(=O)C=CC(=O)OC(C)C)P(=O)(O)O. The molecule has 0 bridgehead atoms. The topological polar surface area (TPSA) is 110 Å². The number of hydrogen-bond donors (Lipinski definition) is 2. The molecule has 116 valence electrons. The molecule has 0 aromatic heterocycles. The molecule has 0 saturated heterocycles. The van der Waals surface area contributed by atoms with Crippen molar-refractivity contribution >= 4 is 19.5 Å². The molecule has 0 amide bonds. The van der Waals surface area contributed by atoms with Crippen LogP contribution in [-0.4, -0.2) is 33.2 Å². The van der Waals surface area contributed by atoms with Crippen molar-refractivity contribution in [1.82, 2.24) is 0 Å². The molecule has 0 saturated carbocycles. The number of carbonyl (C=O) groups is 2. The van der Waals surface area contributed by atoms with Gasteiger partial charge in [-0.3, -0.25) is 4.57 Å². The van der Waals surface area contributed by atoms with Crippen LogP contribution >= 0.6 is 7.60 Å². The van der Waals surface area contributed by atoms with E-state index < -0.39 is 24.9 Å². The third kappa shape index (κ3) is 5.45. The Kier molecular flexibility index (Phi) is 7.13. The lowest BCUT2D eigenvalue weighted by Crippen LogP contribution is -2.33. The van der Waals surface area contributed by atoms with E-state index in [9.17, 15) is 23.9 Å². The molecular formula is C12H21O7P. The predicted octanol–water partition coefficient (Wildman–Crippen LogP) is 1.73. The molecule has 0 aromatic rings. The summed E-state index contributed by atoms with van der Waals surface area (Å²) in [5, 5.41) is -1.86. The molecule has 2 N–H and O–H groups in total. The molecule has 20 heavy (non-hydrogen) atoms. The van der Waals surface area contributed by atoms with E-state index in [1.54, 1.807) is 13.8 Å². The lowest BCUT2D eigenvalue weighted by Gasteiger charge is -2.31. The van der Waals surface area contributed by atoms with E-state index in [0.29, 0.717) is 0 Å². The van der Waals surface area contributed by atoms with Crippen LogP contribution in [-0.2, 0) is 23.6 Å². The van der Waals surface area contributed by atoms with Crippen molar-refractivity contribution in [3.63, 3.8) is 0 Å². The van der Waals surface area contributed by atoms with Crippen molar-refractivity contribution in [2.75, 3.05) is 0 Å². The molecule has 0 aliphatic carbocycles. The molecular weight excluding hydrogens is 287 g/mol. The molecule has 0 radical (unpaired) electrons. The zero-order valence-corrected chi connectivity index (χ0v) is 12.9. The monoisotopic (exact) mass is 308 g/mol. The van der Waals surface area contributed by atoms with Gasteiger partial charge in [0.15, 0.2) is 0 Å². The summed E-state index contributed by atoms with van der Waals surface area (Å²) in [6.07, 6.45) is 1.25. The van der Waals surface area contributed by atoms with Gasteiger partial charge in [0.1, 0.15) is 0 Å². The Morgan fingerprint density at radius 1 is 1.15 bits per heavy atom. The third-order valence-corrected chi connectivity index (χ3v) is 4.42. The first-order valence-corrected chi connectivity index (χ1v) is 7.86. The smallest absolute Gasteiger partial charge is 0.368 e. The molecule has 0 rings (SSSR count). The number of rotatable bonds is 7. The van der Waals surface area contributed by atoms with Crippen LogP contribution in [0, 0.1) is 0 Å². The molecule has 0 heterocycles. The van der Waals surface area contributed by atoms with Crippen LogP contribution < -0.4 is 0 Å². The van der Waals surface area contributed by atoms with Crippen LogP contribution in [0.4, 0.5) is 0 Å². The van der Waals surface area contributed by atoms with Gasteiger partial charge in [-0.25, -0.2) is 9.59 Å². The van der Waals surface area contributed by atoms with Gasteiger partial charge in [0.05, 0.1) is 6.10 Å². The fourth-order valence-electron chi connectivity index (χ4n) is 1.49. The van der Waals surface area contributed by atoms with Gasteiger partial charge in [-0.05, 0) is 26.7 Å². The second-order valence-electron chi connectivity index (χ2n) is 4.44. The van der Waals surface area contributed by atoms with Gasteiger partial charge >= 0.3 is 19.5 Å². The van der Waals surface area contributed by atoms with Crippen LogP contribution in [0.3, 0.4) is 0 Å². The van der Waals surface area contributed by atoms with Crippen molar-refractivity contribution in [2.24, 2.45) is 0 Å². The van der Waals surface area contributed by atoms with Crippen molar-refractivity contribution < 1.29 is 33.4 Å². The summed E-state index contributed by atoms with van der Waals surface area (Å²) in [4.78, 5) is 41.3. The Morgan fingerprint density at radius 2 is 1.60 bits per heavy atom. The molecule has 8 heteroatoms. The van der Waals surface area contributed by atoms with Crippen LogP contribution in [0.2, 0.25) is 0 Å². The fraction of sp³-hybridized carbons (Fsp3) is 0.667. The third-order valence-electron chi connectivity index (χ3n) is 2.63. The fourth-order valence-corrected chi connectivity index (χ4v) is 2.53. The maximum absolute atomic E-state index is 11.6. The van der Waals surface area contributed by atoms with Crippen LogP contribution in [0.25, 0.3) is 0 Å². The minimum Gasteiger partial charge on any atom is -0.460 e. The molecule has 0 aromatic carbocycles. The summed E-state index contributed by atoms with van der Waals surface area (Å²) in [6, 6.07) is 0. The molecule has 0 spiro atoms. The van der Waals surface area contributed by atoms with E-state index >= 15 is 0 Å². The normalized spacial score (nSPS) is 12.8. The van der Waals surface area contributed by atoms with Gasteiger partial charge in [0.25, 0.3) is 0 Å². The molecule has 0 unspecified atom stereocenters. The van der Waals surface area contributed by atoms with Gasteiger partial charge in [-0.1, -0.05) is 13.8 Å². The van der Waals surface area contributed by atoms with Gasteiger partial charge in [-0.15, -0.1) is 0 Å². The van der Waals surface area contributed by atoms with E-state index in [-0.39, 0.29) is 18.9 Å².